The number of hydrogen-bond acceptors (Lipinski definition) is 3. The molecule has 2 aromatic carbocycles. The van der Waals surface area contributed by atoms with E-state index < -0.39 is 0 Å². The number of unbranched alkanes of at least 4 members (excludes halogenated alkanes) is 1. The highest BCUT2D eigenvalue weighted by molar-refractivity contribution is 9.10. The van der Waals surface area contributed by atoms with Crippen LogP contribution < -0.4 is 14.8 Å². The SMILES string of the molecule is CCCCOc1ccc(Br)cc1C(=O)Nc1cccc(OCC)c1. The van der Waals surface area contributed by atoms with Crippen LogP contribution in [0.5, 0.6) is 11.5 Å². The topological polar surface area (TPSA) is 47.6 Å². The minimum Gasteiger partial charge on any atom is -0.494 e. The van der Waals surface area contributed by atoms with Crippen molar-refractivity contribution in [1.29, 1.82) is 0 Å². The van der Waals surface area contributed by atoms with Crippen molar-refractivity contribution in [3.8, 4) is 11.5 Å². The molecule has 0 bridgehead atoms. The Bertz CT molecular complexity index is 688. The van der Waals surface area contributed by atoms with E-state index in [9.17, 15) is 4.79 Å². The van der Waals surface area contributed by atoms with E-state index in [4.69, 9.17) is 9.47 Å². The van der Waals surface area contributed by atoms with E-state index in [1.54, 1.807) is 12.1 Å². The van der Waals surface area contributed by atoms with Gasteiger partial charge in [0, 0.05) is 16.2 Å². The van der Waals surface area contributed by atoms with Crippen molar-refractivity contribution in [2.45, 2.75) is 26.7 Å². The fraction of sp³-hybridized carbons (Fsp3) is 0.316. The van der Waals surface area contributed by atoms with Gasteiger partial charge in [-0.25, -0.2) is 0 Å². The molecule has 24 heavy (non-hydrogen) atoms. The molecular weight excluding hydrogens is 370 g/mol. The molecule has 0 aliphatic heterocycles. The van der Waals surface area contributed by atoms with Gasteiger partial charge in [-0.05, 0) is 43.7 Å². The Kier molecular flexibility index (Phi) is 7.12. The highest BCUT2D eigenvalue weighted by atomic mass is 79.9. The number of anilines is 1. The third-order valence-corrected chi connectivity index (χ3v) is 3.84. The number of hydrogen-bond donors (Lipinski definition) is 1. The summed E-state index contributed by atoms with van der Waals surface area (Å²) in [6.07, 6.45) is 2.00. The van der Waals surface area contributed by atoms with Crippen LogP contribution in [-0.2, 0) is 0 Å². The smallest absolute Gasteiger partial charge is 0.259 e. The van der Waals surface area contributed by atoms with Gasteiger partial charge >= 0.3 is 0 Å². The molecule has 1 amide bonds. The van der Waals surface area contributed by atoms with E-state index in [0.717, 1.165) is 23.1 Å². The number of benzene rings is 2. The molecule has 0 spiro atoms. The second kappa shape index (κ2) is 9.33. The van der Waals surface area contributed by atoms with Gasteiger partial charge in [0.1, 0.15) is 11.5 Å². The summed E-state index contributed by atoms with van der Waals surface area (Å²) in [5, 5.41) is 2.90. The summed E-state index contributed by atoms with van der Waals surface area (Å²) in [5.41, 5.74) is 1.19. The van der Waals surface area contributed by atoms with E-state index >= 15 is 0 Å². The molecule has 0 radical (unpaired) electrons. The Morgan fingerprint density at radius 1 is 1.12 bits per heavy atom. The van der Waals surface area contributed by atoms with Crippen molar-refractivity contribution in [2.75, 3.05) is 18.5 Å². The van der Waals surface area contributed by atoms with Crippen molar-refractivity contribution in [3.05, 3.63) is 52.5 Å². The van der Waals surface area contributed by atoms with Crippen molar-refractivity contribution < 1.29 is 14.3 Å². The molecule has 5 heteroatoms. The molecule has 2 rings (SSSR count). The Hall–Kier alpha value is -2.01. The van der Waals surface area contributed by atoms with Crippen LogP contribution in [-0.4, -0.2) is 19.1 Å². The highest BCUT2D eigenvalue weighted by Gasteiger charge is 2.14. The van der Waals surface area contributed by atoms with Gasteiger partial charge in [0.15, 0.2) is 0 Å². The number of ether oxygens (including phenoxy) is 2. The third kappa shape index (κ3) is 5.27. The van der Waals surface area contributed by atoms with Gasteiger partial charge in [-0.2, -0.15) is 0 Å². The predicted molar refractivity (Wildman–Crippen MR) is 100 cm³/mol. The van der Waals surface area contributed by atoms with Crippen LogP contribution in [0.3, 0.4) is 0 Å². The number of nitrogens with one attached hydrogen (secondary N) is 1. The van der Waals surface area contributed by atoms with Crippen LogP contribution in [0, 0.1) is 0 Å². The normalized spacial score (nSPS) is 10.3. The maximum Gasteiger partial charge on any atom is 0.259 e. The lowest BCUT2D eigenvalue weighted by molar-refractivity contribution is 0.102. The van der Waals surface area contributed by atoms with E-state index in [-0.39, 0.29) is 5.91 Å². The van der Waals surface area contributed by atoms with Gasteiger partial charge in [0.2, 0.25) is 0 Å². The summed E-state index contributed by atoms with van der Waals surface area (Å²) in [6, 6.07) is 12.8. The van der Waals surface area contributed by atoms with Crippen LogP contribution in [0.25, 0.3) is 0 Å². The molecule has 1 N–H and O–H groups in total. The van der Waals surface area contributed by atoms with Crippen LogP contribution in [0.1, 0.15) is 37.0 Å². The zero-order chi connectivity index (χ0) is 17.4. The van der Waals surface area contributed by atoms with Crippen molar-refractivity contribution in [2.24, 2.45) is 0 Å². The third-order valence-electron chi connectivity index (χ3n) is 3.34. The van der Waals surface area contributed by atoms with Crippen LogP contribution >= 0.6 is 15.9 Å². The molecule has 0 aromatic heterocycles. The molecule has 0 atom stereocenters. The Morgan fingerprint density at radius 3 is 2.71 bits per heavy atom. The lowest BCUT2D eigenvalue weighted by Gasteiger charge is -2.13. The largest absolute Gasteiger partial charge is 0.494 e. The number of carbonyl (C=O) groups is 1. The number of carbonyl (C=O) groups excluding carboxylic acids is 1. The quantitative estimate of drug-likeness (QED) is 0.622. The maximum absolute atomic E-state index is 12.6. The van der Waals surface area contributed by atoms with Crippen LogP contribution in [0.4, 0.5) is 5.69 Å². The number of rotatable bonds is 8. The minimum absolute atomic E-state index is 0.212. The first-order chi connectivity index (χ1) is 11.6. The molecular formula is C19H22BrNO3. The molecule has 0 saturated carbocycles. The standard InChI is InChI=1S/C19H22BrNO3/c1-3-5-11-24-18-10-9-14(20)12-17(18)19(22)21-15-7-6-8-16(13-15)23-4-2/h6-10,12-13H,3-5,11H2,1-2H3,(H,21,22). The minimum atomic E-state index is -0.212. The van der Waals surface area contributed by atoms with E-state index in [1.807, 2.05) is 37.3 Å². The molecule has 0 aliphatic carbocycles. The Balaban J connectivity index is 2.16. The fourth-order valence-corrected chi connectivity index (χ4v) is 2.52. The van der Waals surface area contributed by atoms with Gasteiger partial charge in [0.05, 0.1) is 18.8 Å². The lowest BCUT2D eigenvalue weighted by atomic mass is 10.1. The van der Waals surface area contributed by atoms with E-state index in [1.165, 1.54) is 0 Å². The van der Waals surface area contributed by atoms with Gasteiger partial charge in [-0.1, -0.05) is 35.3 Å². The van der Waals surface area contributed by atoms with E-state index in [0.29, 0.717) is 30.2 Å². The second-order valence-corrected chi connectivity index (χ2v) is 6.17. The fourth-order valence-electron chi connectivity index (χ4n) is 2.16. The first-order valence-electron chi connectivity index (χ1n) is 8.10. The molecule has 0 saturated heterocycles. The first-order valence-corrected chi connectivity index (χ1v) is 8.90. The molecule has 2 aromatic rings. The summed E-state index contributed by atoms with van der Waals surface area (Å²) in [4.78, 5) is 12.6. The Morgan fingerprint density at radius 2 is 1.96 bits per heavy atom. The predicted octanol–water partition coefficient (Wildman–Crippen LogP) is 5.28. The second-order valence-electron chi connectivity index (χ2n) is 5.26. The maximum atomic E-state index is 12.6. The molecule has 0 aliphatic rings. The first kappa shape index (κ1) is 18.3. The zero-order valence-electron chi connectivity index (χ0n) is 14.0. The average Bonchev–Trinajstić information content (AvgIpc) is 2.57. The van der Waals surface area contributed by atoms with Gasteiger partial charge in [-0.3, -0.25) is 4.79 Å². The molecule has 4 nitrogen and oxygen atoms in total. The van der Waals surface area contributed by atoms with Crippen molar-refractivity contribution in [1.82, 2.24) is 0 Å². The number of halogens is 1. The van der Waals surface area contributed by atoms with Gasteiger partial charge < -0.3 is 14.8 Å². The lowest BCUT2D eigenvalue weighted by Crippen LogP contribution is -2.14. The summed E-state index contributed by atoms with van der Waals surface area (Å²) >= 11 is 3.41. The van der Waals surface area contributed by atoms with Gasteiger partial charge in [-0.15, -0.1) is 0 Å². The number of amides is 1. The van der Waals surface area contributed by atoms with Crippen LogP contribution in [0.15, 0.2) is 46.9 Å². The average molecular weight is 392 g/mol. The molecule has 0 heterocycles. The van der Waals surface area contributed by atoms with Crippen molar-refractivity contribution in [3.63, 3.8) is 0 Å². The summed E-state index contributed by atoms with van der Waals surface area (Å²) in [5.74, 6) is 1.10. The zero-order valence-corrected chi connectivity index (χ0v) is 15.6. The van der Waals surface area contributed by atoms with Crippen LogP contribution in [0.2, 0.25) is 0 Å². The highest BCUT2D eigenvalue weighted by Crippen LogP contribution is 2.25. The molecule has 0 unspecified atom stereocenters. The summed E-state index contributed by atoms with van der Waals surface area (Å²) in [6.45, 7) is 5.20. The molecule has 0 fully saturated rings. The van der Waals surface area contributed by atoms with Gasteiger partial charge in [0.25, 0.3) is 5.91 Å². The summed E-state index contributed by atoms with van der Waals surface area (Å²) in [7, 11) is 0. The monoisotopic (exact) mass is 391 g/mol. The molecule has 128 valence electrons. The summed E-state index contributed by atoms with van der Waals surface area (Å²) < 4.78 is 12.0. The van der Waals surface area contributed by atoms with E-state index in [2.05, 4.69) is 28.2 Å². The van der Waals surface area contributed by atoms with Crippen molar-refractivity contribution >= 4 is 27.5 Å². The Labute approximate surface area is 151 Å².